The van der Waals surface area contributed by atoms with Crippen LogP contribution in [0.5, 0.6) is 0 Å². The van der Waals surface area contributed by atoms with Gasteiger partial charge in [-0.2, -0.15) is 0 Å². The molecular formula is C10H15NO4S. The first kappa shape index (κ1) is 12.9. The molecule has 1 aliphatic rings. The minimum absolute atomic E-state index is 0.0974. The topological polar surface area (TPSA) is 55.8 Å². The zero-order chi connectivity index (χ0) is 12.3. The SMILES string of the molecule is CC(=O)OC(C(=O)N1CCOC1=S)C(C)C. The summed E-state index contributed by atoms with van der Waals surface area (Å²) in [5, 5.41) is 0.155. The van der Waals surface area contributed by atoms with E-state index in [0.29, 0.717) is 13.2 Å². The molecule has 0 N–H and O–H groups in total. The van der Waals surface area contributed by atoms with Gasteiger partial charge in [-0.25, -0.2) is 0 Å². The molecule has 1 aliphatic heterocycles. The largest absolute Gasteiger partial charge is 0.469 e. The molecule has 90 valence electrons. The molecule has 0 aliphatic carbocycles. The summed E-state index contributed by atoms with van der Waals surface area (Å²) in [5.41, 5.74) is 0. The summed E-state index contributed by atoms with van der Waals surface area (Å²) >= 11 is 4.88. The molecule has 0 aromatic carbocycles. The molecule has 5 nitrogen and oxygen atoms in total. The molecule has 1 saturated heterocycles. The van der Waals surface area contributed by atoms with Crippen LogP contribution < -0.4 is 0 Å². The van der Waals surface area contributed by atoms with Crippen molar-refractivity contribution in [1.82, 2.24) is 4.90 Å². The van der Waals surface area contributed by atoms with Gasteiger partial charge in [0.05, 0.1) is 6.54 Å². The van der Waals surface area contributed by atoms with E-state index < -0.39 is 12.1 Å². The van der Waals surface area contributed by atoms with Crippen molar-refractivity contribution in [3.05, 3.63) is 0 Å². The van der Waals surface area contributed by atoms with Crippen molar-refractivity contribution in [2.75, 3.05) is 13.2 Å². The Hall–Kier alpha value is -1.17. The third-order valence-corrected chi connectivity index (χ3v) is 2.51. The third kappa shape index (κ3) is 2.91. The van der Waals surface area contributed by atoms with Gasteiger partial charge < -0.3 is 9.47 Å². The summed E-state index contributed by atoms with van der Waals surface area (Å²) in [4.78, 5) is 24.3. The predicted molar refractivity (Wildman–Crippen MR) is 60.7 cm³/mol. The zero-order valence-electron chi connectivity index (χ0n) is 9.56. The maximum Gasteiger partial charge on any atom is 0.303 e. The average Bonchev–Trinajstić information content (AvgIpc) is 2.59. The van der Waals surface area contributed by atoms with Crippen molar-refractivity contribution >= 4 is 29.3 Å². The Kier molecular flexibility index (Phi) is 4.23. The van der Waals surface area contributed by atoms with Crippen LogP contribution >= 0.6 is 12.2 Å². The lowest BCUT2D eigenvalue weighted by Gasteiger charge is -2.23. The molecule has 1 amide bonds. The summed E-state index contributed by atoms with van der Waals surface area (Å²) in [6, 6.07) is 0. The second kappa shape index (κ2) is 5.25. The highest BCUT2D eigenvalue weighted by Crippen LogP contribution is 2.14. The van der Waals surface area contributed by atoms with E-state index in [1.54, 1.807) is 0 Å². The Balaban J connectivity index is 2.74. The fraction of sp³-hybridized carbons (Fsp3) is 0.700. The summed E-state index contributed by atoms with van der Waals surface area (Å²) in [6.07, 6.45) is -0.794. The van der Waals surface area contributed by atoms with Gasteiger partial charge in [0.1, 0.15) is 6.61 Å². The molecule has 1 heterocycles. The van der Waals surface area contributed by atoms with Crippen LogP contribution in [0.3, 0.4) is 0 Å². The lowest BCUT2D eigenvalue weighted by atomic mass is 10.1. The van der Waals surface area contributed by atoms with Crippen molar-refractivity contribution in [3.63, 3.8) is 0 Å². The van der Waals surface area contributed by atoms with E-state index in [1.807, 2.05) is 13.8 Å². The molecule has 1 fully saturated rings. The Morgan fingerprint density at radius 3 is 2.50 bits per heavy atom. The molecule has 0 saturated carbocycles. The number of ether oxygens (including phenoxy) is 2. The van der Waals surface area contributed by atoms with Crippen LogP contribution in [0, 0.1) is 5.92 Å². The quantitative estimate of drug-likeness (QED) is 0.541. The number of thiocarbonyl (C=S) groups is 1. The lowest BCUT2D eigenvalue weighted by Crippen LogP contribution is -2.44. The van der Waals surface area contributed by atoms with E-state index in [9.17, 15) is 9.59 Å². The van der Waals surface area contributed by atoms with Gasteiger partial charge in [-0.05, 0) is 18.1 Å². The molecule has 6 heteroatoms. The zero-order valence-corrected chi connectivity index (χ0v) is 10.4. The Labute approximate surface area is 99.7 Å². The number of carbonyl (C=O) groups excluding carboxylic acids is 2. The number of esters is 1. The highest BCUT2D eigenvalue weighted by Gasteiger charge is 2.34. The van der Waals surface area contributed by atoms with Crippen LogP contribution in [0.2, 0.25) is 0 Å². The third-order valence-electron chi connectivity index (χ3n) is 2.17. The van der Waals surface area contributed by atoms with Crippen molar-refractivity contribution in [3.8, 4) is 0 Å². The highest BCUT2D eigenvalue weighted by molar-refractivity contribution is 7.80. The fourth-order valence-corrected chi connectivity index (χ4v) is 1.66. The summed E-state index contributed by atoms with van der Waals surface area (Å²) < 4.78 is 10.0. The number of nitrogens with zero attached hydrogens (tertiary/aromatic N) is 1. The molecule has 0 spiro atoms. The van der Waals surface area contributed by atoms with E-state index in [0.717, 1.165) is 0 Å². The van der Waals surface area contributed by atoms with Gasteiger partial charge >= 0.3 is 5.97 Å². The minimum atomic E-state index is -0.794. The monoisotopic (exact) mass is 245 g/mol. The smallest absolute Gasteiger partial charge is 0.303 e. The molecule has 0 aromatic heterocycles. The second-order valence-corrected chi connectivity index (χ2v) is 4.23. The highest BCUT2D eigenvalue weighted by atomic mass is 32.1. The van der Waals surface area contributed by atoms with Crippen LogP contribution in [0.1, 0.15) is 20.8 Å². The van der Waals surface area contributed by atoms with Gasteiger partial charge in [0.15, 0.2) is 6.10 Å². The standard InChI is InChI=1S/C10H15NO4S/c1-6(2)8(15-7(3)12)9(13)11-4-5-14-10(11)16/h6,8H,4-5H2,1-3H3. The van der Waals surface area contributed by atoms with Crippen molar-refractivity contribution in [1.29, 1.82) is 0 Å². The van der Waals surface area contributed by atoms with E-state index >= 15 is 0 Å². The maximum absolute atomic E-state index is 12.0. The van der Waals surface area contributed by atoms with Crippen LogP contribution in [0.15, 0.2) is 0 Å². The summed E-state index contributed by atoms with van der Waals surface area (Å²) in [7, 11) is 0. The first-order chi connectivity index (χ1) is 7.43. The van der Waals surface area contributed by atoms with E-state index in [-0.39, 0.29) is 17.0 Å². The van der Waals surface area contributed by atoms with Crippen molar-refractivity contribution < 1.29 is 19.1 Å². The molecule has 0 bridgehead atoms. The van der Waals surface area contributed by atoms with Gasteiger partial charge in [0.2, 0.25) is 0 Å². The van der Waals surface area contributed by atoms with Gasteiger partial charge in [-0.15, -0.1) is 0 Å². The lowest BCUT2D eigenvalue weighted by molar-refractivity contribution is -0.159. The first-order valence-electron chi connectivity index (χ1n) is 5.09. The Morgan fingerprint density at radius 1 is 1.50 bits per heavy atom. The molecule has 0 aromatic rings. The molecule has 1 rings (SSSR count). The van der Waals surface area contributed by atoms with Crippen LogP contribution in [-0.2, 0) is 19.1 Å². The number of hydrogen-bond acceptors (Lipinski definition) is 5. The molecule has 0 radical (unpaired) electrons. The van der Waals surface area contributed by atoms with Gasteiger partial charge in [0, 0.05) is 6.92 Å². The molecule has 1 atom stereocenters. The van der Waals surface area contributed by atoms with E-state index in [2.05, 4.69) is 0 Å². The van der Waals surface area contributed by atoms with Crippen LogP contribution in [0.4, 0.5) is 0 Å². The number of rotatable bonds is 3. The first-order valence-corrected chi connectivity index (χ1v) is 5.49. The number of amides is 1. The Morgan fingerprint density at radius 2 is 2.12 bits per heavy atom. The Bertz CT molecular complexity index is 316. The second-order valence-electron chi connectivity index (χ2n) is 3.88. The molecule has 1 unspecified atom stereocenters. The van der Waals surface area contributed by atoms with Crippen LogP contribution in [-0.4, -0.2) is 41.2 Å². The predicted octanol–water partition coefficient (Wildman–Crippen LogP) is 0.718. The summed E-state index contributed by atoms with van der Waals surface area (Å²) in [6.45, 7) is 5.72. The van der Waals surface area contributed by atoms with Crippen LogP contribution in [0.25, 0.3) is 0 Å². The fourth-order valence-electron chi connectivity index (χ4n) is 1.40. The van der Waals surface area contributed by atoms with Gasteiger partial charge in [-0.3, -0.25) is 14.5 Å². The van der Waals surface area contributed by atoms with E-state index in [1.165, 1.54) is 11.8 Å². The van der Waals surface area contributed by atoms with Gasteiger partial charge in [0.25, 0.3) is 11.1 Å². The van der Waals surface area contributed by atoms with Crippen molar-refractivity contribution in [2.45, 2.75) is 26.9 Å². The van der Waals surface area contributed by atoms with E-state index in [4.69, 9.17) is 21.7 Å². The minimum Gasteiger partial charge on any atom is -0.469 e. The number of hydrogen-bond donors (Lipinski definition) is 0. The number of carbonyl (C=O) groups is 2. The van der Waals surface area contributed by atoms with Gasteiger partial charge in [-0.1, -0.05) is 13.8 Å². The molecular weight excluding hydrogens is 230 g/mol. The average molecular weight is 245 g/mol. The normalized spacial score (nSPS) is 17.2. The maximum atomic E-state index is 12.0. The summed E-state index contributed by atoms with van der Waals surface area (Å²) in [5.74, 6) is -0.884. The van der Waals surface area contributed by atoms with Crippen molar-refractivity contribution in [2.24, 2.45) is 5.92 Å². The molecule has 16 heavy (non-hydrogen) atoms.